The molecule has 0 fully saturated rings. The zero-order valence-corrected chi connectivity index (χ0v) is 19.7. The monoisotopic (exact) mass is 464 g/mol. The van der Waals surface area contributed by atoms with Crippen LogP contribution in [0.1, 0.15) is 28.4 Å². The third-order valence-corrected chi connectivity index (χ3v) is 6.66. The average molecular weight is 465 g/mol. The van der Waals surface area contributed by atoms with Gasteiger partial charge in [0.05, 0.1) is 16.8 Å². The van der Waals surface area contributed by atoms with E-state index in [9.17, 15) is 4.79 Å². The van der Waals surface area contributed by atoms with Crippen molar-refractivity contribution in [1.82, 2.24) is 4.98 Å². The van der Waals surface area contributed by atoms with E-state index in [1.807, 2.05) is 84.9 Å². The maximum absolute atomic E-state index is 13.7. The fourth-order valence-electron chi connectivity index (χ4n) is 3.83. The molecule has 1 amide bonds. The lowest BCUT2D eigenvalue weighted by Gasteiger charge is -2.20. The van der Waals surface area contributed by atoms with Crippen molar-refractivity contribution in [2.24, 2.45) is 0 Å². The van der Waals surface area contributed by atoms with Crippen molar-refractivity contribution < 1.29 is 9.53 Å². The van der Waals surface area contributed by atoms with Crippen LogP contribution >= 0.6 is 11.3 Å². The number of fused-ring (bicyclic) bond motifs is 1. The van der Waals surface area contributed by atoms with Gasteiger partial charge < -0.3 is 4.74 Å². The minimum absolute atomic E-state index is 0.0905. The van der Waals surface area contributed by atoms with Gasteiger partial charge >= 0.3 is 0 Å². The number of nitrogens with zero attached hydrogens (tertiary/aromatic N) is 2. The summed E-state index contributed by atoms with van der Waals surface area (Å²) in [5.74, 6) is 1.35. The van der Waals surface area contributed by atoms with Gasteiger partial charge in [0.25, 0.3) is 5.91 Å². The van der Waals surface area contributed by atoms with Gasteiger partial charge in [0.2, 0.25) is 0 Å². The van der Waals surface area contributed by atoms with Crippen molar-refractivity contribution in [3.63, 3.8) is 0 Å². The molecular weight excluding hydrogens is 440 g/mol. The van der Waals surface area contributed by atoms with E-state index in [0.717, 1.165) is 28.0 Å². The zero-order chi connectivity index (χ0) is 23.3. The van der Waals surface area contributed by atoms with Crippen molar-refractivity contribution in [3.8, 4) is 11.5 Å². The van der Waals surface area contributed by atoms with Gasteiger partial charge in [-0.3, -0.25) is 9.69 Å². The summed E-state index contributed by atoms with van der Waals surface area (Å²) < 4.78 is 6.97. The lowest BCUT2D eigenvalue weighted by molar-refractivity contribution is 0.0985. The van der Waals surface area contributed by atoms with Crippen molar-refractivity contribution >= 4 is 32.6 Å². The standard InChI is InChI=1S/C29H24N2O2S/c1-2-22-12-9-15-26-27(22)30-29(34-26)31(20-21-10-5-3-6-11-21)28(32)23-16-18-25(19-17-23)33-24-13-7-4-8-14-24/h3-19H,2,20H2,1H3. The molecule has 0 saturated heterocycles. The number of aryl methyl sites for hydroxylation is 1. The molecule has 168 valence electrons. The molecule has 1 aromatic heterocycles. The normalized spacial score (nSPS) is 10.9. The molecule has 0 aliphatic carbocycles. The molecular formula is C29H24N2O2S. The van der Waals surface area contributed by atoms with Gasteiger partial charge in [0, 0.05) is 5.56 Å². The predicted molar refractivity (Wildman–Crippen MR) is 139 cm³/mol. The highest BCUT2D eigenvalue weighted by Gasteiger charge is 2.22. The Labute approximate surface area is 203 Å². The van der Waals surface area contributed by atoms with E-state index in [-0.39, 0.29) is 5.91 Å². The number of hydrogen-bond acceptors (Lipinski definition) is 4. The van der Waals surface area contributed by atoms with Crippen molar-refractivity contribution in [2.75, 3.05) is 4.90 Å². The first-order valence-corrected chi connectivity index (χ1v) is 12.1. The molecule has 0 N–H and O–H groups in total. The van der Waals surface area contributed by atoms with Crippen LogP contribution in [-0.2, 0) is 13.0 Å². The Morgan fingerprint density at radius 3 is 2.21 bits per heavy atom. The number of ether oxygens (including phenoxy) is 1. The Hall–Kier alpha value is -3.96. The van der Waals surface area contributed by atoms with E-state index in [1.165, 1.54) is 5.56 Å². The Balaban J connectivity index is 1.47. The SMILES string of the molecule is CCc1cccc2sc(N(Cc3ccccc3)C(=O)c3ccc(Oc4ccccc4)cc3)nc12. The third-order valence-electron chi connectivity index (χ3n) is 5.61. The summed E-state index contributed by atoms with van der Waals surface area (Å²) >= 11 is 1.55. The number of hydrogen-bond donors (Lipinski definition) is 0. The fraction of sp³-hybridized carbons (Fsp3) is 0.103. The van der Waals surface area contributed by atoms with Crippen molar-refractivity contribution in [3.05, 3.63) is 120 Å². The highest BCUT2D eigenvalue weighted by atomic mass is 32.1. The number of amides is 1. The second kappa shape index (κ2) is 9.89. The molecule has 0 saturated carbocycles. The van der Waals surface area contributed by atoms with E-state index < -0.39 is 0 Å². The number of carbonyl (C=O) groups is 1. The number of benzene rings is 4. The Morgan fingerprint density at radius 1 is 0.824 bits per heavy atom. The molecule has 0 unspecified atom stereocenters. The van der Waals surface area contributed by atoms with Crippen LogP contribution in [0.5, 0.6) is 11.5 Å². The number of anilines is 1. The largest absolute Gasteiger partial charge is 0.457 e. The topological polar surface area (TPSA) is 42.4 Å². The number of carbonyl (C=O) groups excluding carboxylic acids is 1. The highest BCUT2D eigenvalue weighted by molar-refractivity contribution is 7.22. The Bertz CT molecular complexity index is 1400. The van der Waals surface area contributed by atoms with Crippen LogP contribution < -0.4 is 9.64 Å². The summed E-state index contributed by atoms with van der Waals surface area (Å²) in [4.78, 5) is 20.4. The van der Waals surface area contributed by atoms with Crippen LogP contribution in [-0.4, -0.2) is 10.9 Å². The molecule has 0 aliphatic rings. The second-order valence-electron chi connectivity index (χ2n) is 7.93. The van der Waals surface area contributed by atoms with Crippen LogP contribution in [0.15, 0.2) is 103 Å². The van der Waals surface area contributed by atoms with Crippen LogP contribution in [0.25, 0.3) is 10.2 Å². The lowest BCUT2D eigenvalue weighted by Crippen LogP contribution is -2.30. The van der Waals surface area contributed by atoms with Gasteiger partial charge in [-0.15, -0.1) is 0 Å². The summed E-state index contributed by atoms with van der Waals surface area (Å²) in [5, 5.41) is 0.703. The molecule has 5 aromatic rings. The van der Waals surface area contributed by atoms with Crippen molar-refractivity contribution in [1.29, 1.82) is 0 Å². The number of aromatic nitrogens is 1. The Morgan fingerprint density at radius 2 is 1.50 bits per heavy atom. The fourth-order valence-corrected chi connectivity index (χ4v) is 4.84. The minimum Gasteiger partial charge on any atom is -0.457 e. The molecule has 0 bridgehead atoms. The van der Waals surface area contributed by atoms with Gasteiger partial charge in [-0.2, -0.15) is 0 Å². The van der Waals surface area contributed by atoms with E-state index >= 15 is 0 Å². The number of para-hydroxylation sites is 2. The molecule has 34 heavy (non-hydrogen) atoms. The summed E-state index contributed by atoms with van der Waals surface area (Å²) in [6.45, 7) is 2.57. The predicted octanol–water partition coefficient (Wildman–Crippen LogP) is 7.50. The van der Waals surface area contributed by atoms with E-state index in [1.54, 1.807) is 16.2 Å². The molecule has 4 nitrogen and oxygen atoms in total. The van der Waals surface area contributed by atoms with Crippen LogP contribution in [0, 0.1) is 0 Å². The molecule has 0 atom stereocenters. The minimum atomic E-state index is -0.0905. The maximum atomic E-state index is 13.7. The average Bonchev–Trinajstić information content (AvgIpc) is 3.33. The molecule has 5 rings (SSSR count). The summed E-state index contributed by atoms with van der Waals surface area (Å²) in [6, 6.07) is 33.1. The maximum Gasteiger partial charge on any atom is 0.260 e. The summed E-state index contributed by atoms with van der Waals surface area (Å²) in [5.41, 5.74) is 3.80. The van der Waals surface area contributed by atoms with Gasteiger partial charge in [0.15, 0.2) is 5.13 Å². The lowest BCUT2D eigenvalue weighted by atomic mass is 10.1. The van der Waals surface area contributed by atoms with E-state index in [4.69, 9.17) is 9.72 Å². The zero-order valence-electron chi connectivity index (χ0n) is 18.8. The summed E-state index contributed by atoms with van der Waals surface area (Å²) in [6.07, 6.45) is 0.899. The third kappa shape index (κ3) is 4.70. The quantitative estimate of drug-likeness (QED) is 0.250. The molecule has 0 aliphatic heterocycles. The van der Waals surface area contributed by atoms with Crippen LogP contribution in [0.2, 0.25) is 0 Å². The number of thiazole rings is 1. The molecule has 4 aromatic carbocycles. The van der Waals surface area contributed by atoms with Crippen molar-refractivity contribution in [2.45, 2.75) is 19.9 Å². The number of rotatable bonds is 7. The first-order valence-electron chi connectivity index (χ1n) is 11.3. The molecule has 0 radical (unpaired) electrons. The molecule has 1 heterocycles. The van der Waals surface area contributed by atoms with E-state index in [2.05, 4.69) is 25.1 Å². The first kappa shape index (κ1) is 21.9. The molecule has 0 spiro atoms. The highest BCUT2D eigenvalue weighted by Crippen LogP contribution is 2.33. The van der Waals surface area contributed by atoms with Gasteiger partial charge in [-0.05, 0) is 60.0 Å². The molecule has 5 heteroatoms. The first-order chi connectivity index (χ1) is 16.7. The second-order valence-corrected chi connectivity index (χ2v) is 8.94. The Kier molecular flexibility index (Phi) is 6.36. The van der Waals surface area contributed by atoms with Crippen LogP contribution in [0.4, 0.5) is 5.13 Å². The van der Waals surface area contributed by atoms with Crippen LogP contribution in [0.3, 0.4) is 0 Å². The summed E-state index contributed by atoms with van der Waals surface area (Å²) in [7, 11) is 0. The van der Waals surface area contributed by atoms with Gasteiger partial charge in [-0.25, -0.2) is 4.98 Å². The van der Waals surface area contributed by atoms with E-state index in [0.29, 0.717) is 23.0 Å². The smallest absolute Gasteiger partial charge is 0.260 e. The van der Waals surface area contributed by atoms with Gasteiger partial charge in [0.1, 0.15) is 11.5 Å². The van der Waals surface area contributed by atoms with Gasteiger partial charge in [-0.1, -0.05) is 78.9 Å².